The van der Waals surface area contributed by atoms with Gasteiger partial charge in [0.25, 0.3) is 0 Å². The van der Waals surface area contributed by atoms with E-state index in [1.807, 2.05) is 0 Å². The van der Waals surface area contributed by atoms with Crippen molar-refractivity contribution in [3.05, 3.63) is 0 Å². The zero-order valence-corrected chi connectivity index (χ0v) is 28.6. The van der Waals surface area contributed by atoms with Gasteiger partial charge in [-0.15, -0.1) is 0 Å². The number of aliphatic imine (C=N–C) groups is 1. The van der Waals surface area contributed by atoms with E-state index in [1.54, 1.807) is 4.90 Å². The molecule has 0 aromatic rings. The average Bonchev–Trinajstić information content (AvgIpc) is 3.73. The summed E-state index contributed by atoms with van der Waals surface area (Å²) in [5.41, 5.74) is 22.6. The molecule has 2 heterocycles. The summed E-state index contributed by atoms with van der Waals surface area (Å²) in [5.74, 6) is -0.733. The number of hydrogen-bond donors (Lipinski definition) is 5. The molecule has 0 radical (unpaired) electrons. The predicted octanol–water partition coefficient (Wildman–Crippen LogP) is 2.84. The first kappa shape index (κ1) is 39.4. The molecule has 0 aromatic carbocycles. The van der Waals surface area contributed by atoms with E-state index in [4.69, 9.17) is 22.9 Å². The Morgan fingerprint density at radius 2 is 1.35 bits per heavy atom. The van der Waals surface area contributed by atoms with Crippen molar-refractivity contribution < 1.29 is 19.2 Å². The summed E-state index contributed by atoms with van der Waals surface area (Å²) in [6, 6.07) is -2.65. The molecule has 0 aliphatic carbocycles. The molecule has 264 valence electrons. The zero-order valence-electron chi connectivity index (χ0n) is 28.6. The van der Waals surface area contributed by atoms with E-state index in [0.717, 1.165) is 32.1 Å². The Labute approximate surface area is 277 Å². The number of carbonyl (C=O) groups is 4. The highest BCUT2D eigenvalue weighted by molar-refractivity contribution is 5.95. The minimum atomic E-state index is -0.768. The van der Waals surface area contributed by atoms with Gasteiger partial charge in [0.05, 0.1) is 12.1 Å². The van der Waals surface area contributed by atoms with E-state index in [9.17, 15) is 19.2 Å². The van der Waals surface area contributed by atoms with E-state index in [1.165, 1.54) is 49.8 Å². The second-order valence-electron chi connectivity index (χ2n) is 13.2. The van der Waals surface area contributed by atoms with Crippen molar-refractivity contribution in [1.29, 1.82) is 0 Å². The first-order valence-corrected chi connectivity index (χ1v) is 18.2. The van der Waals surface area contributed by atoms with Gasteiger partial charge in [-0.05, 0) is 70.8 Å². The van der Waals surface area contributed by atoms with Crippen LogP contribution in [0.1, 0.15) is 135 Å². The van der Waals surface area contributed by atoms with Gasteiger partial charge in [-0.25, -0.2) is 0 Å². The lowest BCUT2D eigenvalue weighted by Gasteiger charge is -2.31. The monoisotopic (exact) mass is 649 g/mol. The maximum Gasteiger partial charge on any atom is 0.245 e. The third kappa shape index (κ3) is 13.9. The van der Waals surface area contributed by atoms with Gasteiger partial charge in [-0.2, -0.15) is 0 Å². The quantitative estimate of drug-likeness (QED) is 0.0597. The highest BCUT2D eigenvalue weighted by atomic mass is 16.2. The highest BCUT2D eigenvalue weighted by Gasteiger charge is 2.40. The maximum absolute atomic E-state index is 13.9. The molecule has 9 N–H and O–H groups in total. The van der Waals surface area contributed by atoms with Crippen molar-refractivity contribution in [2.45, 2.75) is 160 Å². The number of hydrogen-bond acceptors (Lipinski definition) is 7. The molecule has 0 unspecified atom stereocenters. The molecule has 0 saturated carbocycles. The molecule has 12 nitrogen and oxygen atoms in total. The highest BCUT2D eigenvalue weighted by Crippen LogP contribution is 2.24. The van der Waals surface area contributed by atoms with Gasteiger partial charge < -0.3 is 38.1 Å². The van der Waals surface area contributed by atoms with E-state index in [0.29, 0.717) is 77.5 Å². The van der Waals surface area contributed by atoms with E-state index >= 15 is 0 Å². The van der Waals surface area contributed by atoms with Gasteiger partial charge in [0.2, 0.25) is 17.7 Å². The van der Waals surface area contributed by atoms with Gasteiger partial charge in [-0.1, -0.05) is 64.7 Å². The fourth-order valence-electron chi connectivity index (χ4n) is 6.70. The number of nitrogens with two attached hydrogens (primary N) is 4. The molecule has 4 atom stereocenters. The smallest absolute Gasteiger partial charge is 0.245 e. The number of guanidine groups is 1. The molecular weight excluding hydrogens is 584 g/mol. The van der Waals surface area contributed by atoms with E-state index < -0.39 is 24.2 Å². The topological polar surface area (TPSA) is 203 Å². The van der Waals surface area contributed by atoms with E-state index in [2.05, 4.69) is 17.2 Å². The van der Waals surface area contributed by atoms with Gasteiger partial charge >= 0.3 is 0 Å². The van der Waals surface area contributed by atoms with Crippen LogP contribution in [0.5, 0.6) is 0 Å². The van der Waals surface area contributed by atoms with Crippen LogP contribution in [0, 0.1) is 0 Å². The SMILES string of the molecule is CCCCCCCCCCCCC(=O)[C@@H]1CCCN1C(=O)[C@H](CCCCN)NC(=O)[C@@H]1CCCN1C(=O)[C@@H](N)CCCN=C(N)N. The van der Waals surface area contributed by atoms with Crippen LogP contribution in [0.15, 0.2) is 4.99 Å². The molecule has 0 spiro atoms. The van der Waals surface area contributed by atoms with Gasteiger partial charge in [-0.3, -0.25) is 24.2 Å². The Kier molecular flexibility index (Phi) is 19.5. The Balaban J connectivity index is 1.91. The number of carbonyl (C=O) groups excluding carboxylic acids is 4. The number of rotatable bonds is 24. The van der Waals surface area contributed by atoms with Crippen molar-refractivity contribution in [2.24, 2.45) is 27.9 Å². The lowest BCUT2D eigenvalue weighted by atomic mass is 10.0. The Hall–Kier alpha value is -2.73. The van der Waals surface area contributed by atoms with Crippen molar-refractivity contribution in [3.8, 4) is 0 Å². The van der Waals surface area contributed by atoms with Crippen LogP contribution in [-0.4, -0.2) is 89.6 Å². The van der Waals surface area contributed by atoms with Gasteiger partial charge in [0, 0.05) is 26.1 Å². The Morgan fingerprint density at radius 1 is 0.761 bits per heavy atom. The summed E-state index contributed by atoms with van der Waals surface area (Å²) in [6.07, 6.45) is 17.9. The number of unbranched alkanes of at least 4 members (excludes halogenated alkanes) is 10. The molecule has 3 amide bonds. The summed E-state index contributed by atoms with van der Waals surface area (Å²) in [5, 5.41) is 2.97. The number of nitrogens with zero attached hydrogens (tertiary/aromatic N) is 3. The summed E-state index contributed by atoms with van der Waals surface area (Å²) >= 11 is 0. The minimum absolute atomic E-state index is 0.00885. The second-order valence-corrected chi connectivity index (χ2v) is 13.2. The van der Waals surface area contributed by atoms with Crippen molar-refractivity contribution >= 4 is 29.5 Å². The fourth-order valence-corrected chi connectivity index (χ4v) is 6.70. The number of ketones is 1. The summed E-state index contributed by atoms with van der Waals surface area (Å²) in [4.78, 5) is 61.0. The lowest BCUT2D eigenvalue weighted by Crippen LogP contribution is -2.56. The van der Waals surface area contributed by atoms with Crippen LogP contribution in [0.25, 0.3) is 0 Å². The molecule has 2 aliphatic heterocycles. The first-order chi connectivity index (χ1) is 22.2. The lowest BCUT2D eigenvalue weighted by molar-refractivity contribution is -0.143. The van der Waals surface area contributed by atoms with Crippen molar-refractivity contribution in [2.75, 3.05) is 26.2 Å². The summed E-state index contributed by atoms with van der Waals surface area (Å²) in [6.45, 7) is 4.05. The molecule has 2 saturated heterocycles. The zero-order chi connectivity index (χ0) is 33.7. The Bertz CT molecular complexity index is 957. The van der Waals surface area contributed by atoms with Crippen LogP contribution >= 0.6 is 0 Å². The largest absolute Gasteiger partial charge is 0.370 e. The van der Waals surface area contributed by atoms with Crippen molar-refractivity contribution in [1.82, 2.24) is 15.1 Å². The minimum Gasteiger partial charge on any atom is -0.370 e. The molecule has 2 rings (SSSR count). The van der Waals surface area contributed by atoms with E-state index in [-0.39, 0.29) is 29.5 Å². The number of likely N-dealkylation sites (tertiary alicyclic amines) is 2. The number of Topliss-reactive ketones (excluding diaryl/α,β-unsaturated/α-hetero) is 1. The molecule has 0 bridgehead atoms. The molecule has 2 fully saturated rings. The van der Waals surface area contributed by atoms with Crippen LogP contribution in [0.2, 0.25) is 0 Å². The molecule has 0 aromatic heterocycles. The van der Waals surface area contributed by atoms with Gasteiger partial charge in [0.15, 0.2) is 11.7 Å². The van der Waals surface area contributed by atoms with Crippen LogP contribution in [0.3, 0.4) is 0 Å². The van der Waals surface area contributed by atoms with Crippen LogP contribution < -0.4 is 28.3 Å². The average molecular weight is 649 g/mol. The number of amides is 3. The molecule has 2 aliphatic rings. The molecular formula is C34H64N8O4. The third-order valence-corrected chi connectivity index (χ3v) is 9.37. The maximum atomic E-state index is 13.9. The van der Waals surface area contributed by atoms with Gasteiger partial charge in [0.1, 0.15) is 12.1 Å². The second kappa shape index (κ2) is 22.7. The molecule has 46 heavy (non-hydrogen) atoms. The summed E-state index contributed by atoms with van der Waals surface area (Å²) < 4.78 is 0. The normalized spacial score (nSPS) is 19.2. The van der Waals surface area contributed by atoms with Crippen LogP contribution in [-0.2, 0) is 19.2 Å². The Morgan fingerprint density at radius 3 is 1.96 bits per heavy atom. The summed E-state index contributed by atoms with van der Waals surface area (Å²) in [7, 11) is 0. The number of nitrogens with one attached hydrogen (secondary N) is 1. The predicted molar refractivity (Wildman–Crippen MR) is 184 cm³/mol. The first-order valence-electron chi connectivity index (χ1n) is 18.2. The third-order valence-electron chi connectivity index (χ3n) is 9.37. The van der Waals surface area contributed by atoms with Crippen molar-refractivity contribution in [3.63, 3.8) is 0 Å². The molecule has 12 heteroatoms. The van der Waals surface area contributed by atoms with Crippen LogP contribution in [0.4, 0.5) is 0 Å². The fraction of sp³-hybridized carbons (Fsp3) is 0.853. The standard InChI is InChI=1S/C34H64N8O4/c1-2-3-4-5-6-7-8-9-10-11-21-30(43)28-19-15-24-41(28)33(46)27(18-12-13-22-35)40-31(44)29-20-16-25-42(29)32(45)26(36)17-14-23-39-34(37)38/h26-29H,2-25,35-36H2,1H3,(H,40,44)(H4,37,38,39)/t26-,27-,28-,29-/m0/s1.